The molecule has 0 radical (unpaired) electrons. The maximum absolute atomic E-state index is 3.41. The Kier molecular flexibility index (Phi) is 26.5. The summed E-state index contributed by atoms with van der Waals surface area (Å²) < 4.78 is 2.83. The fourth-order valence-electron chi connectivity index (χ4n) is 9.06. The minimum Gasteiger partial charge on any atom is -0.126 e. The van der Waals surface area contributed by atoms with Gasteiger partial charge >= 0.3 is 198 Å². The van der Waals surface area contributed by atoms with Crippen LogP contribution in [0.5, 0.6) is 0 Å². The molecule has 0 fully saturated rings. The van der Waals surface area contributed by atoms with Crippen molar-refractivity contribution in [2.24, 2.45) is 23.7 Å². The third kappa shape index (κ3) is 18.3. The smallest absolute Gasteiger partial charge is 0.0771 e. The first-order chi connectivity index (χ1) is 36.9. The topological polar surface area (TPSA) is 0 Å². The molecule has 10 aromatic rings. The molecule has 2 aliphatic carbocycles. The van der Waals surface area contributed by atoms with Crippen molar-refractivity contribution in [1.29, 1.82) is 0 Å². The second-order valence-electron chi connectivity index (χ2n) is 20.5. The minimum atomic E-state index is 0. The molecule has 12 rings (SSSR count). The summed E-state index contributed by atoms with van der Waals surface area (Å²) in [5, 5.41) is 10.8. The molecule has 0 amide bonds. The summed E-state index contributed by atoms with van der Waals surface area (Å²) in [6.07, 6.45) is 13.6. The van der Waals surface area contributed by atoms with Crippen molar-refractivity contribution in [2.75, 3.05) is 0 Å². The second-order valence-corrected chi connectivity index (χ2v) is 23.0. The average Bonchev–Trinajstić information content (AvgIpc) is 4.33. The van der Waals surface area contributed by atoms with Crippen LogP contribution in [0.2, 0.25) is 0 Å². The monoisotopic (exact) mass is 1210 g/mol. The first-order valence-electron chi connectivity index (χ1n) is 26.9. The van der Waals surface area contributed by atoms with E-state index in [1.54, 1.807) is 0 Å². The van der Waals surface area contributed by atoms with Crippen LogP contribution in [0.1, 0.15) is 90.5 Å². The van der Waals surface area contributed by atoms with E-state index in [1.165, 1.54) is 143 Å². The summed E-state index contributed by atoms with van der Waals surface area (Å²) in [6.45, 7) is 17.9. The van der Waals surface area contributed by atoms with Crippen LogP contribution < -0.4 is 24.8 Å². The Balaban J connectivity index is 0.000000172. The zero-order valence-corrected chi connectivity index (χ0v) is 53.0. The van der Waals surface area contributed by atoms with Gasteiger partial charge in [0.1, 0.15) is 0 Å². The number of allylic oxidation sites excluding steroid dienone is 8. The molecule has 4 heteroatoms. The molecule has 392 valence electrons. The Hall–Kier alpha value is -5.45. The maximum atomic E-state index is 3.41. The second kappa shape index (κ2) is 32.6. The van der Waals surface area contributed by atoms with Gasteiger partial charge in [-0.1, -0.05) is 140 Å². The van der Waals surface area contributed by atoms with Gasteiger partial charge in [0, 0.05) is 0 Å². The van der Waals surface area contributed by atoms with Crippen LogP contribution in [-0.2, 0) is 48.5 Å². The van der Waals surface area contributed by atoms with Gasteiger partial charge < -0.3 is 24.8 Å². The van der Waals surface area contributed by atoms with Crippen molar-refractivity contribution in [3.05, 3.63) is 299 Å². The molecular formula is C74H72Cl2Zr2-2. The molecule has 0 aromatic heterocycles. The van der Waals surface area contributed by atoms with Crippen molar-refractivity contribution < 1.29 is 73.3 Å². The SMILES string of the molecule is CC(C)C1=[C-]CC(C(C)C)=C1.CC(C)C1=[C-]CC(C(C)C)=C1.[Cl-].[Cl-].[Zr+2]=[C](c1ccccc1)c1ccccc1.[Zr+2]=[C](c1ccccc1)c1ccccc1.c1ccc2c(c1)[cH-]c1ccccc12.c1ccc2c(c1)[cH-]c1ccccc12. The Morgan fingerprint density at radius 3 is 0.731 bits per heavy atom. The van der Waals surface area contributed by atoms with E-state index < -0.39 is 0 Å². The van der Waals surface area contributed by atoms with Gasteiger partial charge in [0.25, 0.3) is 0 Å². The van der Waals surface area contributed by atoms with Gasteiger partial charge in [-0.15, -0.1) is 92.3 Å². The van der Waals surface area contributed by atoms with Gasteiger partial charge in [-0.05, 0) is 11.8 Å². The molecule has 0 heterocycles. The van der Waals surface area contributed by atoms with E-state index in [0.717, 1.165) is 12.8 Å². The summed E-state index contributed by atoms with van der Waals surface area (Å²) in [5.41, 5.74) is 11.2. The Labute approximate surface area is 509 Å². The van der Waals surface area contributed by atoms with Crippen LogP contribution in [-0.4, -0.2) is 6.41 Å². The number of benzene rings is 8. The zero-order valence-electron chi connectivity index (χ0n) is 46.6. The molecule has 0 unspecified atom stereocenters. The van der Waals surface area contributed by atoms with Crippen molar-refractivity contribution in [3.63, 3.8) is 0 Å². The fourth-order valence-corrected chi connectivity index (χ4v) is 10.7. The third-order valence-electron chi connectivity index (χ3n) is 13.7. The minimum absolute atomic E-state index is 0. The Morgan fingerprint density at radius 1 is 0.321 bits per heavy atom. The van der Waals surface area contributed by atoms with Gasteiger partial charge in [0.2, 0.25) is 0 Å². The van der Waals surface area contributed by atoms with Gasteiger partial charge in [-0.2, -0.15) is 11.1 Å². The van der Waals surface area contributed by atoms with Gasteiger partial charge in [0.15, 0.2) is 0 Å². The number of hydrogen-bond acceptors (Lipinski definition) is 0. The first-order valence-corrected chi connectivity index (χ1v) is 29.4. The van der Waals surface area contributed by atoms with Gasteiger partial charge in [-0.3, -0.25) is 12.2 Å². The zero-order chi connectivity index (χ0) is 53.8. The van der Waals surface area contributed by atoms with E-state index in [1.807, 2.05) is 0 Å². The Morgan fingerprint density at radius 2 is 0.538 bits per heavy atom. The largest absolute Gasteiger partial charge is 0.126 e. The molecule has 2 aliphatic rings. The molecule has 0 spiro atoms. The van der Waals surface area contributed by atoms with Crippen LogP contribution in [0.3, 0.4) is 0 Å². The molecular weight excluding hydrogens is 1140 g/mol. The number of halogens is 2. The summed E-state index contributed by atoms with van der Waals surface area (Å²) in [7, 11) is 0. The molecule has 0 bridgehead atoms. The molecule has 78 heavy (non-hydrogen) atoms. The van der Waals surface area contributed by atoms with Gasteiger partial charge in [-0.25, -0.2) is 23.3 Å². The van der Waals surface area contributed by atoms with E-state index >= 15 is 0 Å². The van der Waals surface area contributed by atoms with E-state index in [2.05, 4.69) is 310 Å². The van der Waals surface area contributed by atoms with Crippen molar-refractivity contribution in [1.82, 2.24) is 0 Å². The molecule has 0 nitrogen and oxygen atoms in total. The molecule has 0 atom stereocenters. The predicted octanol–water partition coefficient (Wildman–Crippen LogP) is 13.8. The number of fused-ring (bicyclic) bond motifs is 6. The summed E-state index contributed by atoms with van der Waals surface area (Å²) in [5.74, 6) is 2.68. The predicted molar refractivity (Wildman–Crippen MR) is 325 cm³/mol. The van der Waals surface area contributed by atoms with Crippen molar-refractivity contribution in [2.45, 2.75) is 68.2 Å². The van der Waals surface area contributed by atoms with Crippen LogP contribution >= 0.6 is 0 Å². The van der Waals surface area contributed by atoms with Crippen LogP contribution in [0.25, 0.3) is 43.1 Å². The standard InChI is InChI=1S/2C13H9.2C13H10.2C11H17.2ClH.2Zr/c2*1-3-7-12-10(5-1)9-11-6-2-4-8-13(11)12;2*1-3-7-12(8-4-1)11-13-9-5-2-6-10-13;2*1-8(2)10-5-6-11(7-10)9(3)4;;;;/h2*1-9H;2*1-10H;2*7-9H,5H2,1-4H3;2*1H;;/q2*-1;;;2*-1;;;2*+2/p-2. The molecule has 0 saturated heterocycles. The molecule has 0 saturated carbocycles. The van der Waals surface area contributed by atoms with Crippen molar-refractivity contribution in [3.8, 4) is 0 Å². The van der Waals surface area contributed by atoms with Gasteiger partial charge in [0.05, 0.1) is 0 Å². The van der Waals surface area contributed by atoms with Crippen molar-refractivity contribution >= 4 is 49.5 Å². The summed E-state index contributed by atoms with van der Waals surface area (Å²) in [6, 6.07) is 80.8. The van der Waals surface area contributed by atoms with Crippen LogP contribution in [0, 0.1) is 35.8 Å². The fraction of sp³-hybridized carbons (Fsp3) is 0.189. The summed E-state index contributed by atoms with van der Waals surface area (Å²) >= 11 is 2.92. The maximum Gasteiger partial charge on any atom is -0.0771 e. The molecule has 0 aliphatic heterocycles. The van der Waals surface area contributed by atoms with E-state index in [-0.39, 0.29) is 24.8 Å². The van der Waals surface area contributed by atoms with Crippen LogP contribution in [0.15, 0.2) is 265 Å². The van der Waals surface area contributed by atoms with E-state index in [0.29, 0.717) is 23.7 Å². The third-order valence-corrected chi connectivity index (χ3v) is 16.5. The quantitative estimate of drug-likeness (QED) is 0.133. The normalized spacial score (nSPS) is 12.2. The Bertz CT molecular complexity index is 3130. The summed E-state index contributed by atoms with van der Waals surface area (Å²) in [4.78, 5) is 0. The first kappa shape index (κ1) is 63.4. The average molecular weight is 1210 g/mol. The number of rotatable bonds is 8. The van der Waals surface area contributed by atoms with Crippen LogP contribution in [0.4, 0.5) is 0 Å². The molecule has 0 N–H and O–H groups in total. The van der Waals surface area contributed by atoms with E-state index in [4.69, 9.17) is 0 Å². The van der Waals surface area contributed by atoms with E-state index in [9.17, 15) is 0 Å². The number of hydrogen-bond donors (Lipinski definition) is 0. The molecule has 10 aromatic carbocycles.